The summed E-state index contributed by atoms with van der Waals surface area (Å²) >= 11 is 1.12. The predicted octanol–water partition coefficient (Wildman–Crippen LogP) is 1.91. The van der Waals surface area contributed by atoms with Crippen LogP contribution < -0.4 is 5.32 Å². The van der Waals surface area contributed by atoms with Gasteiger partial charge in [0.15, 0.2) is 5.69 Å². The largest absolute Gasteiger partial charge is 0.318 e. The molecule has 1 amide bonds. The van der Waals surface area contributed by atoms with Crippen molar-refractivity contribution in [3.8, 4) is 6.07 Å². The summed E-state index contributed by atoms with van der Waals surface area (Å²) in [5.74, 6) is -0.320. The Morgan fingerprint density at radius 1 is 1.45 bits per heavy atom. The number of hydrogen-bond donors (Lipinski definition) is 1. The van der Waals surface area contributed by atoms with Gasteiger partial charge in [-0.1, -0.05) is 16.6 Å². The number of nitrogens with one attached hydrogen (secondary N) is 1. The van der Waals surface area contributed by atoms with E-state index in [-0.39, 0.29) is 11.6 Å². The molecule has 2 heterocycles. The number of aromatic nitrogens is 4. The van der Waals surface area contributed by atoms with Gasteiger partial charge in [0.05, 0.1) is 30.1 Å². The van der Waals surface area contributed by atoms with Crippen molar-refractivity contribution in [3.05, 3.63) is 58.9 Å². The molecule has 0 atom stereocenters. The molecular formula is C14H10N6OS. The first kappa shape index (κ1) is 13.9. The maximum Gasteiger partial charge on any atom is 0.277 e. The summed E-state index contributed by atoms with van der Waals surface area (Å²) in [6.45, 7) is 0.518. The minimum atomic E-state index is -0.320. The first-order chi connectivity index (χ1) is 10.7. The number of nitriles is 1. The van der Waals surface area contributed by atoms with Gasteiger partial charge in [0.2, 0.25) is 0 Å². The fraction of sp³-hybridized carbons (Fsp3) is 0.0714. The molecule has 0 unspecified atom stereocenters. The van der Waals surface area contributed by atoms with Crippen LogP contribution in [0.5, 0.6) is 0 Å². The summed E-state index contributed by atoms with van der Waals surface area (Å²) in [6.07, 6.45) is 3.28. The van der Waals surface area contributed by atoms with Crippen molar-refractivity contribution < 1.29 is 4.79 Å². The topological polar surface area (TPSA) is 96.5 Å². The molecule has 3 aromatic rings. The SMILES string of the molecule is N#Cc1cccc(Cn2cc(NC(=O)c3csnn3)cn2)c1. The van der Waals surface area contributed by atoms with Crippen molar-refractivity contribution in [3.63, 3.8) is 0 Å². The molecule has 3 rings (SSSR count). The molecule has 1 N–H and O–H groups in total. The normalized spacial score (nSPS) is 10.1. The van der Waals surface area contributed by atoms with Crippen molar-refractivity contribution in [2.45, 2.75) is 6.54 Å². The summed E-state index contributed by atoms with van der Waals surface area (Å²) in [5, 5.41) is 21.1. The average molecular weight is 310 g/mol. The molecule has 0 aliphatic heterocycles. The van der Waals surface area contributed by atoms with Crippen LogP contribution in [0.1, 0.15) is 21.6 Å². The van der Waals surface area contributed by atoms with E-state index in [4.69, 9.17) is 5.26 Å². The van der Waals surface area contributed by atoms with Crippen LogP contribution in [-0.4, -0.2) is 25.3 Å². The Hall–Kier alpha value is -3.05. The Labute approximate surface area is 130 Å². The van der Waals surface area contributed by atoms with Gasteiger partial charge in [-0.25, -0.2) is 0 Å². The molecule has 0 radical (unpaired) electrons. The Morgan fingerprint density at radius 3 is 3.14 bits per heavy atom. The first-order valence-electron chi connectivity index (χ1n) is 6.34. The highest BCUT2D eigenvalue weighted by Crippen LogP contribution is 2.11. The van der Waals surface area contributed by atoms with E-state index in [9.17, 15) is 4.79 Å². The van der Waals surface area contributed by atoms with E-state index in [1.165, 1.54) is 0 Å². The Bertz CT molecular complexity index is 833. The van der Waals surface area contributed by atoms with E-state index < -0.39 is 0 Å². The summed E-state index contributed by atoms with van der Waals surface area (Å²) in [7, 11) is 0. The van der Waals surface area contributed by atoms with Crippen LogP contribution in [0, 0.1) is 11.3 Å². The minimum Gasteiger partial charge on any atom is -0.318 e. The highest BCUT2D eigenvalue weighted by molar-refractivity contribution is 7.03. The molecular weight excluding hydrogens is 300 g/mol. The molecule has 1 aromatic carbocycles. The Kier molecular flexibility index (Phi) is 3.89. The van der Waals surface area contributed by atoms with Crippen LogP contribution in [0.15, 0.2) is 42.0 Å². The molecule has 0 fully saturated rings. The summed E-state index contributed by atoms with van der Waals surface area (Å²) in [4.78, 5) is 11.8. The van der Waals surface area contributed by atoms with Gasteiger partial charge < -0.3 is 5.32 Å². The standard InChI is InChI=1S/C14H10N6OS/c15-5-10-2-1-3-11(4-10)7-20-8-12(6-16-20)17-14(21)13-9-22-19-18-13/h1-4,6,8-9H,7H2,(H,17,21). The third-order valence-corrected chi connectivity index (χ3v) is 3.39. The number of carbonyl (C=O) groups excluding carboxylic acids is 1. The van der Waals surface area contributed by atoms with E-state index in [0.717, 1.165) is 17.1 Å². The van der Waals surface area contributed by atoms with Gasteiger partial charge in [-0.15, -0.1) is 5.10 Å². The van der Waals surface area contributed by atoms with Crippen LogP contribution >= 0.6 is 11.5 Å². The fourth-order valence-electron chi connectivity index (χ4n) is 1.90. The lowest BCUT2D eigenvalue weighted by atomic mass is 10.1. The van der Waals surface area contributed by atoms with E-state index in [1.807, 2.05) is 12.1 Å². The molecule has 0 aliphatic rings. The molecule has 0 aliphatic carbocycles. The number of anilines is 1. The molecule has 0 spiro atoms. The number of hydrogen-bond acceptors (Lipinski definition) is 6. The highest BCUT2D eigenvalue weighted by Gasteiger charge is 2.10. The van der Waals surface area contributed by atoms with E-state index in [0.29, 0.717) is 17.8 Å². The smallest absolute Gasteiger partial charge is 0.277 e. The lowest BCUT2D eigenvalue weighted by molar-refractivity contribution is 0.102. The summed E-state index contributed by atoms with van der Waals surface area (Å²) in [5.41, 5.74) is 2.42. The Balaban J connectivity index is 1.68. The number of carbonyl (C=O) groups is 1. The van der Waals surface area contributed by atoms with E-state index in [1.54, 1.807) is 34.6 Å². The second-order valence-corrected chi connectivity index (χ2v) is 5.09. The van der Waals surface area contributed by atoms with Crippen molar-refractivity contribution in [1.82, 2.24) is 19.4 Å². The lowest BCUT2D eigenvalue weighted by Crippen LogP contribution is -2.11. The molecule has 7 nitrogen and oxygen atoms in total. The minimum absolute atomic E-state index is 0.277. The van der Waals surface area contributed by atoms with Gasteiger partial charge in [0.25, 0.3) is 5.91 Å². The van der Waals surface area contributed by atoms with Crippen molar-refractivity contribution in [1.29, 1.82) is 5.26 Å². The number of rotatable bonds is 4. The first-order valence-corrected chi connectivity index (χ1v) is 7.18. The predicted molar refractivity (Wildman–Crippen MR) is 80.3 cm³/mol. The second-order valence-electron chi connectivity index (χ2n) is 4.48. The number of benzene rings is 1. The molecule has 22 heavy (non-hydrogen) atoms. The van der Waals surface area contributed by atoms with E-state index >= 15 is 0 Å². The zero-order valence-electron chi connectivity index (χ0n) is 11.3. The van der Waals surface area contributed by atoms with Crippen molar-refractivity contribution in [2.75, 3.05) is 5.32 Å². The molecule has 108 valence electrons. The molecule has 2 aromatic heterocycles. The van der Waals surface area contributed by atoms with Gasteiger partial charge in [-0.05, 0) is 29.2 Å². The molecule has 8 heteroatoms. The second kappa shape index (κ2) is 6.15. The van der Waals surface area contributed by atoms with Gasteiger partial charge in [-0.2, -0.15) is 10.4 Å². The Morgan fingerprint density at radius 2 is 2.36 bits per heavy atom. The van der Waals surface area contributed by atoms with Crippen molar-refractivity contribution in [2.24, 2.45) is 0 Å². The molecule has 0 saturated carbocycles. The summed E-state index contributed by atoms with van der Waals surface area (Å²) in [6, 6.07) is 9.41. The zero-order chi connectivity index (χ0) is 15.4. The van der Waals surface area contributed by atoms with Gasteiger partial charge in [-0.3, -0.25) is 9.48 Å². The average Bonchev–Trinajstić information content (AvgIpc) is 3.19. The highest BCUT2D eigenvalue weighted by atomic mass is 32.1. The summed E-state index contributed by atoms with van der Waals surface area (Å²) < 4.78 is 5.33. The third kappa shape index (κ3) is 3.16. The van der Waals surface area contributed by atoms with Crippen LogP contribution in [0.2, 0.25) is 0 Å². The van der Waals surface area contributed by atoms with Crippen LogP contribution in [0.4, 0.5) is 5.69 Å². The van der Waals surface area contributed by atoms with Crippen LogP contribution in [0.3, 0.4) is 0 Å². The zero-order valence-corrected chi connectivity index (χ0v) is 12.1. The third-order valence-electron chi connectivity index (χ3n) is 2.88. The van der Waals surface area contributed by atoms with Crippen LogP contribution in [-0.2, 0) is 6.54 Å². The molecule has 0 saturated heterocycles. The monoisotopic (exact) mass is 310 g/mol. The maximum absolute atomic E-state index is 11.8. The quantitative estimate of drug-likeness (QED) is 0.794. The fourth-order valence-corrected chi connectivity index (χ4v) is 2.34. The van der Waals surface area contributed by atoms with Crippen molar-refractivity contribution >= 4 is 23.1 Å². The number of nitrogens with zero attached hydrogens (tertiary/aromatic N) is 5. The van der Waals surface area contributed by atoms with Gasteiger partial charge in [0, 0.05) is 11.6 Å². The maximum atomic E-state index is 11.8. The van der Waals surface area contributed by atoms with Gasteiger partial charge in [0.1, 0.15) is 0 Å². The van der Waals surface area contributed by atoms with Crippen LogP contribution in [0.25, 0.3) is 0 Å². The number of amides is 1. The van der Waals surface area contributed by atoms with Gasteiger partial charge >= 0.3 is 0 Å². The van der Waals surface area contributed by atoms with E-state index in [2.05, 4.69) is 26.1 Å². The lowest BCUT2D eigenvalue weighted by Gasteiger charge is -2.02. The molecule has 0 bridgehead atoms.